The van der Waals surface area contributed by atoms with Gasteiger partial charge in [-0.2, -0.15) is 5.26 Å². The van der Waals surface area contributed by atoms with Crippen LogP contribution >= 0.6 is 23.4 Å². The first-order valence-electron chi connectivity index (χ1n) is 7.08. The van der Waals surface area contributed by atoms with E-state index in [4.69, 9.17) is 21.6 Å². The first kappa shape index (κ1) is 18.0. The highest BCUT2D eigenvalue weighted by Gasteiger charge is 2.17. The van der Waals surface area contributed by atoms with Gasteiger partial charge in [0.25, 0.3) is 5.56 Å². The lowest BCUT2D eigenvalue weighted by atomic mass is 10.2. The minimum atomic E-state index is -0.746. The Hall–Kier alpha value is -2.30. The molecule has 0 unspecified atom stereocenters. The number of hydrogen-bond acceptors (Lipinski definition) is 6. The largest absolute Gasteiger partial charge is 0.462 e. The Bertz CT molecular complexity index is 845. The van der Waals surface area contributed by atoms with E-state index in [-0.39, 0.29) is 18.7 Å². The second kappa shape index (κ2) is 8.52. The van der Waals surface area contributed by atoms with Crippen molar-refractivity contribution in [3.63, 3.8) is 0 Å². The lowest BCUT2D eigenvalue weighted by Crippen LogP contribution is -2.29. The standard InChI is InChI=1S/C16H14ClN3O3S/c1-2-23-15(22)12-9-19-16(20(8-7-18)14(12)21)24-10-11-5-3-4-6-13(11)17/h3-6,9H,2,8,10H2,1H3. The average molecular weight is 364 g/mol. The van der Waals surface area contributed by atoms with Crippen molar-refractivity contribution in [3.05, 3.63) is 57.0 Å². The van der Waals surface area contributed by atoms with Gasteiger partial charge < -0.3 is 4.74 Å². The number of ether oxygens (including phenoxy) is 1. The molecule has 0 radical (unpaired) electrons. The van der Waals surface area contributed by atoms with Crippen molar-refractivity contribution in [2.45, 2.75) is 24.4 Å². The molecule has 1 aromatic carbocycles. The van der Waals surface area contributed by atoms with Crippen LogP contribution in [0.2, 0.25) is 5.02 Å². The molecule has 24 heavy (non-hydrogen) atoms. The van der Waals surface area contributed by atoms with Crippen LogP contribution in [-0.4, -0.2) is 22.1 Å². The van der Waals surface area contributed by atoms with E-state index in [1.807, 2.05) is 24.3 Å². The number of benzene rings is 1. The van der Waals surface area contributed by atoms with E-state index in [9.17, 15) is 9.59 Å². The maximum Gasteiger partial charge on any atom is 0.345 e. The van der Waals surface area contributed by atoms with Crippen LogP contribution in [0.25, 0.3) is 0 Å². The predicted octanol–water partition coefficient (Wildman–Crippen LogP) is 2.89. The Kier molecular flexibility index (Phi) is 6.41. The highest BCUT2D eigenvalue weighted by Crippen LogP contribution is 2.24. The minimum Gasteiger partial charge on any atom is -0.462 e. The summed E-state index contributed by atoms with van der Waals surface area (Å²) in [5, 5.41) is 9.90. The highest BCUT2D eigenvalue weighted by atomic mass is 35.5. The Morgan fingerprint density at radius 2 is 2.21 bits per heavy atom. The molecule has 0 saturated heterocycles. The lowest BCUT2D eigenvalue weighted by molar-refractivity contribution is 0.0522. The van der Waals surface area contributed by atoms with Gasteiger partial charge in [0, 0.05) is 10.8 Å². The topological polar surface area (TPSA) is 85.0 Å². The SMILES string of the molecule is CCOC(=O)c1cnc(SCc2ccccc2Cl)n(CC#N)c1=O. The number of aromatic nitrogens is 2. The molecular weight excluding hydrogens is 350 g/mol. The molecule has 0 atom stereocenters. The van der Waals surface area contributed by atoms with E-state index in [0.717, 1.165) is 10.1 Å². The maximum atomic E-state index is 12.4. The van der Waals surface area contributed by atoms with Crippen molar-refractivity contribution in [2.75, 3.05) is 6.61 Å². The first-order valence-corrected chi connectivity index (χ1v) is 8.45. The Labute approximate surface area is 148 Å². The zero-order valence-corrected chi connectivity index (χ0v) is 14.4. The molecule has 0 aliphatic rings. The molecular formula is C16H14ClN3O3S. The summed E-state index contributed by atoms with van der Waals surface area (Å²) in [6.45, 7) is 1.59. The molecule has 2 rings (SSSR count). The van der Waals surface area contributed by atoms with E-state index < -0.39 is 11.5 Å². The van der Waals surface area contributed by atoms with Crippen LogP contribution in [0.3, 0.4) is 0 Å². The summed E-state index contributed by atoms with van der Waals surface area (Å²) >= 11 is 7.37. The van der Waals surface area contributed by atoms with Crippen LogP contribution in [0.15, 0.2) is 40.4 Å². The molecule has 0 aliphatic carbocycles. The summed E-state index contributed by atoms with van der Waals surface area (Å²) in [6.07, 6.45) is 1.18. The third-order valence-electron chi connectivity index (χ3n) is 3.05. The number of halogens is 1. The Morgan fingerprint density at radius 3 is 2.88 bits per heavy atom. The zero-order valence-electron chi connectivity index (χ0n) is 12.9. The number of nitriles is 1. The molecule has 0 aliphatic heterocycles. The molecule has 0 amide bonds. The van der Waals surface area contributed by atoms with Crippen molar-refractivity contribution in [1.29, 1.82) is 5.26 Å². The fraction of sp³-hybridized carbons (Fsp3) is 0.250. The quantitative estimate of drug-likeness (QED) is 0.445. The van der Waals surface area contributed by atoms with E-state index in [1.165, 1.54) is 18.0 Å². The monoisotopic (exact) mass is 363 g/mol. The van der Waals surface area contributed by atoms with Crippen molar-refractivity contribution in [2.24, 2.45) is 0 Å². The Balaban J connectivity index is 2.31. The fourth-order valence-electron chi connectivity index (χ4n) is 1.91. The van der Waals surface area contributed by atoms with Crippen LogP contribution in [0.4, 0.5) is 0 Å². The molecule has 0 spiro atoms. The maximum absolute atomic E-state index is 12.4. The zero-order chi connectivity index (χ0) is 17.5. The summed E-state index contributed by atoms with van der Waals surface area (Å²) in [5.41, 5.74) is 0.109. The van der Waals surface area contributed by atoms with Crippen molar-refractivity contribution in [1.82, 2.24) is 9.55 Å². The van der Waals surface area contributed by atoms with Gasteiger partial charge in [-0.05, 0) is 18.6 Å². The molecule has 8 heteroatoms. The molecule has 0 fully saturated rings. The number of carbonyl (C=O) groups is 1. The van der Waals surface area contributed by atoms with Crippen molar-refractivity contribution < 1.29 is 9.53 Å². The second-order valence-corrected chi connectivity index (χ2v) is 5.95. The van der Waals surface area contributed by atoms with Crippen LogP contribution in [-0.2, 0) is 17.0 Å². The van der Waals surface area contributed by atoms with Crippen molar-refractivity contribution >= 4 is 29.3 Å². The van der Waals surface area contributed by atoms with Crippen molar-refractivity contribution in [3.8, 4) is 6.07 Å². The van der Waals surface area contributed by atoms with Gasteiger partial charge in [0.2, 0.25) is 0 Å². The van der Waals surface area contributed by atoms with Gasteiger partial charge in [-0.3, -0.25) is 9.36 Å². The molecule has 2 aromatic rings. The number of esters is 1. The molecule has 0 bridgehead atoms. The van der Waals surface area contributed by atoms with E-state index in [1.54, 1.807) is 13.0 Å². The number of hydrogen-bond donors (Lipinski definition) is 0. The van der Waals surface area contributed by atoms with Crippen LogP contribution < -0.4 is 5.56 Å². The van der Waals surface area contributed by atoms with Gasteiger partial charge in [0.05, 0.1) is 18.9 Å². The smallest absolute Gasteiger partial charge is 0.345 e. The van der Waals surface area contributed by atoms with E-state index in [2.05, 4.69) is 4.98 Å². The third kappa shape index (κ3) is 4.16. The summed E-state index contributed by atoms with van der Waals surface area (Å²) in [5.74, 6) is -0.264. The van der Waals surface area contributed by atoms with Gasteiger partial charge in [-0.1, -0.05) is 41.6 Å². The highest BCUT2D eigenvalue weighted by molar-refractivity contribution is 7.98. The average Bonchev–Trinajstić information content (AvgIpc) is 2.57. The summed E-state index contributed by atoms with van der Waals surface area (Å²) < 4.78 is 5.99. The van der Waals surface area contributed by atoms with Gasteiger partial charge >= 0.3 is 5.97 Å². The van der Waals surface area contributed by atoms with Crippen LogP contribution in [0, 0.1) is 11.3 Å². The second-order valence-electron chi connectivity index (χ2n) is 4.60. The predicted molar refractivity (Wildman–Crippen MR) is 91.1 cm³/mol. The summed E-state index contributed by atoms with van der Waals surface area (Å²) in [4.78, 5) is 28.3. The Morgan fingerprint density at radius 1 is 1.46 bits per heavy atom. The van der Waals surface area contributed by atoms with Crippen LogP contribution in [0.5, 0.6) is 0 Å². The number of rotatable bonds is 6. The first-order chi connectivity index (χ1) is 11.6. The van der Waals surface area contributed by atoms with E-state index >= 15 is 0 Å². The molecule has 1 aromatic heterocycles. The van der Waals surface area contributed by atoms with Gasteiger partial charge in [-0.15, -0.1) is 0 Å². The molecule has 124 valence electrons. The lowest BCUT2D eigenvalue weighted by Gasteiger charge is -2.10. The fourth-order valence-corrected chi connectivity index (χ4v) is 3.16. The molecule has 1 heterocycles. The van der Waals surface area contributed by atoms with E-state index in [0.29, 0.717) is 15.9 Å². The van der Waals surface area contributed by atoms with Gasteiger partial charge in [-0.25, -0.2) is 9.78 Å². The summed E-state index contributed by atoms with van der Waals surface area (Å²) in [7, 11) is 0. The minimum absolute atomic E-state index is 0.152. The third-order valence-corrected chi connectivity index (χ3v) is 4.46. The molecule has 0 N–H and O–H groups in total. The number of nitrogens with zero attached hydrogens (tertiary/aromatic N) is 3. The molecule has 6 nitrogen and oxygen atoms in total. The molecule has 0 saturated carbocycles. The van der Waals surface area contributed by atoms with Crippen LogP contribution in [0.1, 0.15) is 22.8 Å². The normalized spacial score (nSPS) is 10.2. The van der Waals surface area contributed by atoms with Gasteiger partial charge in [0.1, 0.15) is 12.1 Å². The van der Waals surface area contributed by atoms with Gasteiger partial charge in [0.15, 0.2) is 5.16 Å². The number of carbonyl (C=O) groups excluding carboxylic acids is 1. The number of thioether (sulfide) groups is 1. The summed E-state index contributed by atoms with van der Waals surface area (Å²) in [6, 6.07) is 9.24.